The van der Waals surface area contributed by atoms with Crippen LogP contribution in [-0.2, 0) is 14.4 Å². The Balaban J connectivity index is 1.74. The van der Waals surface area contributed by atoms with Crippen molar-refractivity contribution in [2.24, 2.45) is 28.6 Å². The van der Waals surface area contributed by atoms with Crippen LogP contribution in [0.1, 0.15) is 64.7 Å². The molecule has 0 aromatic carbocycles. The van der Waals surface area contributed by atoms with Crippen LogP contribution in [0.2, 0.25) is 0 Å². The first-order valence-corrected chi connectivity index (χ1v) is 9.31. The van der Waals surface area contributed by atoms with Crippen molar-refractivity contribution in [1.29, 1.82) is 0 Å². The minimum absolute atomic E-state index is 0.164. The topological polar surface area (TPSA) is 51.2 Å². The van der Waals surface area contributed by atoms with E-state index in [1.165, 1.54) is 5.57 Å². The van der Waals surface area contributed by atoms with E-state index >= 15 is 0 Å². The van der Waals surface area contributed by atoms with E-state index in [9.17, 15) is 14.4 Å². The molecule has 0 N–H and O–H groups in total. The lowest BCUT2D eigenvalue weighted by atomic mass is 9.46. The molecule has 0 bridgehead atoms. The molecule has 4 aliphatic carbocycles. The Morgan fingerprint density at radius 3 is 2.65 bits per heavy atom. The number of fused-ring (bicyclic) bond motifs is 5. The summed E-state index contributed by atoms with van der Waals surface area (Å²) in [6, 6.07) is 0. The van der Waals surface area contributed by atoms with Crippen molar-refractivity contribution < 1.29 is 14.4 Å². The zero-order valence-corrected chi connectivity index (χ0v) is 14.0. The zero-order valence-electron chi connectivity index (χ0n) is 14.0. The molecule has 0 radical (unpaired) electrons. The van der Waals surface area contributed by atoms with E-state index in [-0.39, 0.29) is 22.9 Å². The van der Waals surface area contributed by atoms with Gasteiger partial charge in [-0.05, 0) is 74.2 Å². The molecule has 0 unspecified atom stereocenters. The van der Waals surface area contributed by atoms with E-state index in [1.807, 2.05) is 6.08 Å². The van der Waals surface area contributed by atoms with Crippen LogP contribution in [0.3, 0.4) is 0 Å². The highest BCUT2D eigenvalue weighted by Crippen LogP contribution is 2.65. The molecule has 3 heteroatoms. The lowest BCUT2D eigenvalue weighted by Crippen LogP contribution is -2.52. The number of allylic oxidation sites excluding steroid dienone is 1. The van der Waals surface area contributed by atoms with E-state index in [0.29, 0.717) is 24.7 Å². The van der Waals surface area contributed by atoms with Crippen molar-refractivity contribution in [3.05, 3.63) is 11.6 Å². The molecule has 0 heterocycles. The molecule has 0 spiro atoms. The second-order valence-corrected chi connectivity index (χ2v) is 8.22. The van der Waals surface area contributed by atoms with Gasteiger partial charge >= 0.3 is 0 Å². The summed E-state index contributed by atoms with van der Waals surface area (Å²) in [6.07, 6.45) is 10.9. The number of carbonyl (C=O) groups excluding carboxylic acids is 3. The first-order valence-electron chi connectivity index (χ1n) is 9.31. The predicted octanol–water partition coefficient (Wildman–Crippen LogP) is 3.66. The van der Waals surface area contributed by atoms with Crippen molar-refractivity contribution >= 4 is 17.9 Å². The van der Waals surface area contributed by atoms with Crippen LogP contribution in [0.15, 0.2) is 11.6 Å². The van der Waals surface area contributed by atoms with Crippen LogP contribution in [-0.4, -0.2) is 17.9 Å². The Labute approximate surface area is 137 Å². The van der Waals surface area contributed by atoms with E-state index in [2.05, 4.69) is 6.92 Å². The molecule has 5 atom stereocenters. The molecule has 124 valence electrons. The second-order valence-electron chi connectivity index (χ2n) is 8.22. The number of carbonyl (C=O) groups is 3. The van der Waals surface area contributed by atoms with Crippen LogP contribution >= 0.6 is 0 Å². The molecule has 4 aliphatic rings. The van der Waals surface area contributed by atoms with E-state index in [1.54, 1.807) is 0 Å². The molecule has 0 aliphatic heterocycles. The summed E-state index contributed by atoms with van der Waals surface area (Å²) in [4.78, 5) is 36.2. The van der Waals surface area contributed by atoms with E-state index in [0.717, 1.165) is 51.2 Å². The van der Waals surface area contributed by atoms with Crippen LogP contribution in [0.4, 0.5) is 0 Å². The molecule has 4 rings (SSSR count). The summed E-state index contributed by atoms with van der Waals surface area (Å²) in [5.41, 5.74) is 0.875. The Kier molecular flexibility index (Phi) is 3.40. The first kappa shape index (κ1) is 15.3. The smallest absolute Gasteiger partial charge is 0.155 e. The average Bonchev–Trinajstić information content (AvgIpc) is 2.92. The van der Waals surface area contributed by atoms with Crippen molar-refractivity contribution in [1.82, 2.24) is 0 Å². The second kappa shape index (κ2) is 5.12. The fourth-order valence-corrected chi connectivity index (χ4v) is 6.74. The van der Waals surface area contributed by atoms with Gasteiger partial charge in [-0.2, -0.15) is 0 Å². The molecule has 0 amide bonds. The van der Waals surface area contributed by atoms with Gasteiger partial charge in [-0.1, -0.05) is 12.5 Å². The van der Waals surface area contributed by atoms with Crippen LogP contribution < -0.4 is 0 Å². The minimum atomic E-state index is -0.665. The highest BCUT2D eigenvalue weighted by atomic mass is 16.1. The number of Topliss-reactive ketones (excluding diaryl/α,β-unsaturated/α-hetero) is 1. The largest absolute Gasteiger partial charge is 0.302 e. The van der Waals surface area contributed by atoms with Gasteiger partial charge in [-0.3, -0.25) is 9.59 Å². The highest BCUT2D eigenvalue weighted by molar-refractivity contribution is 6.00. The van der Waals surface area contributed by atoms with E-state index in [4.69, 9.17) is 0 Å². The molecule has 0 aromatic rings. The maximum Gasteiger partial charge on any atom is 0.155 e. The van der Waals surface area contributed by atoms with Gasteiger partial charge in [0, 0.05) is 12.8 Å². The number of ketones is 2. The van der Waals surface area contributed by atoms with Gasteiger partial charge in [0.1, 0.15) is 12.1 Å². The molecular weight excluding hydrogens is 288 g/mol. The van der Waals surface area contributed by atoms with Gasteiger partial charge in [0.15, 0.2) is 5.78 Å². The lowest BCUT2D eigenvalue weighted by molar-refractivity contribution is -0.142. The third-order valence-electron chi connectivity index (χ3n) is 7.86. The number of aldehydes is 1. The van der Waals surface area contributed by atoms with Crippen molar-refractivity contribution in [3.63, 3.8) is 0 Å². The summed E-state index contributed by atoms with van der Waals surface area (Å²) in [5, 5.41) is 0. The van der Waals surface area contributed by atoms with Crippen molar-refractivity contribution in [2.45, 2.75) is 64.7 Å². The van der Waals surface area contributed by atoms with Gasteiger partial charge in [-0.15, -0.1) is 0 Å². The highest BCUT2D eigenvalue weighted by Gasteiger charge is 2.61. The average molecular weight is 314 g/mol. The monoisotopic (exact) mass is 314 g/mol. The van der Waals surface area contributed by atoms with Crippen molar-refractivity contribution in [3.8, 4) is 0 Å². The van der Waals surface area contributed by atoms with Gasteiger partial charge in [0.05, 0.1) is 5.41 Å². The third-order valence-corrected chi connectivity index (χ3v) is 7.86. The summed E-state index contributed by atoms with van der Waals surface area (Å²) in [7, 11) is 0. The summed E-state index contributed by atoms with van der Waals surface area (Å²) >= 11 is 0. The zero-order chi connectivity index (χ0) is 16.2. The third kappa shape index (κ3) is 1.85. The molecule has 3 saturated carbocycles. The Morgan fingerprint density at radius 1 is 1.09 bits per heavy atom. The Morgan fingerprint density at radius 2 is 1.91 bits per heavy atom. The van der Waals surface area contributed by atoms with Gasteiger partial charge < -0.3 is 4.79 Å². The molecule has 0 aromatic heterocycles. The summed E-state index contributed by atoms with van der Waals surface area (Å²) < 4.78 is 0. The maximum atomic E-state index is 12.4. The van der Waals surface area contributed by atoms with Crippen LogP contribution in [0.25, 0.3) is 0 Å². The normalized spacial score (nSPS) is 45.8. The summed E-state index contributed by atoms with van der Waals surface area (Å²) in [5.74, 6) is 1.79. The fourth-order valence-electron chi connectivity index (χ4n) is 6.74. The standard InChI is InChI=1S/C20H26O3/c1-2-19-9-7-14(22)11-13(19)3-4-15-16-5-6-18(23)20(16,12-21)10-8-17(15)19/h11-12,15-17H,2-10H2,1H3/t15-,16-,17-,19-,20+/m0/s1. The quantitative estimate of drug-likeness (QED) is 0.577. The maximum absolute atomic E-state index is 12.4. The van der Waals surface area contributed by atoms with Gasteiger partial charge in [0.2, 0.25) is 0 Å². The number of rotatable bonds is 2. The minimum Gasteiger partial charge on any atom is -0.302 e. The number of hydrogen-bond donors (Lipinski definition) is 0. The van der Waals surface area contributed by atoms with Crippen LogP contribution in [0.5, 0.6) is 0 Å². The van der Waals surface area contributed by atoms with E-state index < -0.39 is 5.41 Å². The first-order chi connectivity index (χ1) is 11.1. The van der Waals surface area contributed by atoms with Gasteiger partial charge in [0.25, 0.3) is 0 Å². The molecule has 0 saturated heterocycles. The molecule has 3 fully saturated rings. The fraction of sp³-hybridized carbons (Fsp3) is 0.750. The molecular formula is C20H26O3. The van der Waals surface area contributed by atoms with Crippen LogP contribution in [0, 0.1) is 28.6 Å². The number of hydrogen-bond acceptors (Lipinski definition) is 3. The summed E-state index contributed by atoms with van der Waals surface area (Å²) in [6.45, 7) is 2.26. The van der Waals surface area contributed by atoms with Gasteiger partial charge in [-0.25, -0.2) is 0 Å². The SMILES string of the molecule is CC[C@]12CCC(=O)C=C1CC[C@@H]1[C@@H]2CC[C@]2(C=O)C(=O)CC[C@@H]12. The molecule has 23 heavy (non-hydrogen) atoms. The predicted molar refractivity (Wildman–Crippen MR) is 86.7 cm³/mol. The van der Waals surface area contributed by atoms with Crippen molar-refractivity contribution in [2.75, 3.05) is 0 Å². The lowest BCUT2D eigenvalue weighted by Gasteiger charge is -2.57. The Hall–Kier alpha value is -1.25. The Bertz CT molecular complexity index is 604. The molecule has 3 nitrogen and oxygen atoms in total.